The van der Waals surface area contributed by atoms with Crippen LogP contribution in [0.5, 0.6) is 0 Å². The molecule has 1 heterocycles. The highest BCUT2D eigenvalue weighted by Gasteiger charge is 2.34. The second-order valence-electron chi connectivity index (χ2n) is 4.53. The summed E-state index contributed by atoms with van der Waals surface area (Å²) in [5, 5.41) is 8.95. The molecule has 1 amide bonds. The van der Waals surface area contributed by atoms with Crippen LogP contribution in [0, 0.1) is 23.1 Å². The Bertz CT molecular complexity index is 699. The Balaban J connectivity index is 2.30. The zero-order valence-electron chi connectivity index (χ0n) is 10.2. The van der Waals surface area contributed by atoms with Gasteiger partial charge in [0.2, 0.25) is 15.0 Å². The molecular weight excluding hydrogens is 307 g/mol. The molecule has 1 atom stereocenters. The first-order chi connectivity index (χ1) is 9.31. The molecule has 1 aromatic carbocycles. The quantitative estimate of drug-likeness (QED) is 0.794. The Morgan fingerprint density at radius 1 is 1.50 bits per heavy atom. The fraction of sp³-hybridized carbons (Fsp3) is 0.333. The molecule has 20 heavy (non-hydrogen) atoms. The molecule has 0 spiro atoms. The van der Waals surface area contributed by atoms with Crippen LogP contribution < -0.4 is 4.90 Å². The maximum Gasteiger partial charge on any atom is 0.232 e. The fourth-order valence-electron chi connectivity index (χ4n) is 2.26. The zero-order chi connectivity index (χ0) is 14.9. The SMILES string of the molecule is N#Cc1c(F)cccc1N1CC(CS(=O)(=O)Cl)CC1=O. The van der Waals surface area contributed by atoms with Crippen LogP contribution in [0.4, 0.5) is 10.1 Å². The van der Waals surface area contributed by atoms with Crippen molar-refractivity contribution in [2.24, 2.45) is 5.92 Å². The van der Waals surface area contributed by atoms with Gasteiger partial charge in [-0.3, -0.25) is 4.79 Å². The number of halogens is 2. The largest absolute Gasteiger partial charge is 0.311 e. The van der Waals surface area contributed by atoms with Crippen LogP contribution in [-0.4, -0.2) is 26.6 Å². The number of nitrogens with zero attached hydrogens (tertiary/aromatic N) is 2. The molecule has 0 radical (unpaired) electrons. The maximum absolute atomic E-state index is 13.5. The molecule has 0 aromatic heterocycles. The van der Waals surface area contributed by atoms with E-state index in [9.17, 15) is 17.6 Å². The molecular formula is C12H10ClFN2O3S. The number of hydrogen-bond acceptors (Lipinski definition) is 4. The van der Waals surface area contributed by atoms with Gasteiger partial charge in [0.1, 0.15) is 17.4 Å². The second-order valence-corrected chi connectivity index (χ2v) is 7.35. The summed E-state index contributed by atoms with van der Waals surface area (Å²) in [6, 6.07) is 5.69. The monoisotopic (exact) mass is 316 g/mol. The highest BCUT2D eigenvalue weighted by Crippen LogP contribution is 2.30. The molecule has 0 saturated carbocycles. The Morgan fingerprint density at radius 3 is 2.80 bits per heavy atom. The number of amides is 1. The van der Waals surface area contributed by atoms with Gasteiger partial charge in [0, 0.05) is 29.6 Å². The van der Waals surface area contributed by atoms with E-state index in [1.807, 2.05) is 0 Å². The second kappa shape index (κ2) is 5.38. The average molecular weight is 317 g/mol. The van der Waals surface area contributed by atoms with E-state index in [-0.39, 0.29) is 35.9 Å². The van der Waals surface area contributed by atoms with Crippen LogP contribution in [0.25, 0.3) is 0 Å². The number of benzene rings is 1. The van der Waals surface area contributed by atoms with Gasteiger partial charge < -0.3 is 4.90 Å². The molecule has 0 aliphatic carbocycles. The number of rotatable bonds is 3. The Morgan fingerprint density at radius 2 is 2.20 bits per heavy atom. The van der Waals surface area contributed by atoms with Crippen LogP contribution in [0.2, 0.25) is 0 Å². The lowest BCUT2D eigenvalue weighted by molar-refractivity contribution is -0.117. The van der Waals surface area contributed by atoms with Crippen molar-refractivity contribution in [3.63, 3.8) is 0 Å². The first-order valence-corrected chi connectivity index (χ1v) is 8.21. The number of carbonyl (C=O) groups is 1. The maximum atomic E-state index is 13.5. The average Bonchev–Trinajstić information content (AvgIpc) is 2.67. The molecule has 0 bridgehead atoms. The third-order valence-electron chi connectivity index (χ3n) is 3.03. The zero-order valence-corrected chi connectivity index (χ0v) is 11.8. The summed E-state index contributed by atoms with van der Waals surface area (Å²) in [5.41, 5.74) is -0.0674. The van der Waals surface area contributed by atoms with E-state index >= 15 is 0 Å². The minimum Gasteiger partial charge on any atom is -0.311 e. The summed E-state index contributed by atoms with van der Waals surface area (Å²) in [6.07, 6.45) is 0.00727. The molecule has 1 fully saturated rings. The molecule has 8 heteroatoms. The molecule has 1 saturated heterocycles. The molecule has 1 unspecified atom stereocenters. The lowest BCUT2D eigenvalue weighted by atomic mass is 10.1. The van der Waals surface area contributed by atoms with Crippen molar-refractivity contribution in [3.05, 3.63) is 29.6 Å². The number of anilines is 1. The summed E-state index contributed by atoms with van der Waals surface area (Å²) in [6.45, 7) is 0.100. The van der Waals surface area contributed by atoms with Crippen molar-refractivity contribution in [1.82, 2.24) is 0 Å². The van der Waals surface area contributed by atoms with Crippen LogP contribution in [0.1, 0.15) is 12.0 Å². The van der Waals surface area contributed by atoms with Gasteiger partial charge in [-0.25, -0.2) is 12.8 Å². The van der Waals surface area contributed by atoms with Crippen LogP contribution >= 0.6 is 10.7 Å². The lowest BCUT2D eigenvalue weighted by Gasteiger charge is -2.18. The predicted octanol–water partition coefficient (Wildman–Crippen LogP) is 1.62. The smallest absolute Gasteiger partial charge is 0.232 e. The van der Waals surface area contributed by atoms with Gasteiger partial charge in [0.15, 0.2) is 0 Å². The van der Waals surface area contributed by atoms with Gasteiger partial charge in [-0.1, -0.05) is 6.07 Å². The molecule has 5 nitrogen and oxygen atoms in total. The van der Waals surface area contributed by atoms with E-state index in [0.29, 0.717) is 0 Å². The molecule has 1 aliphatic rings. The van der Waals surface area contributed by atoms with Crippen molar-refractivity contribution in [1.29, 1.82) is 5.26 Å². The van der Waals surface area contributed by atoms with E-state index in [1.165, 1.54) is 17.0 Å². The molecule has 1 aliphatic heterocycles. The van der Waals surface area contributed by atoms with Crippen molar-refractivity contribution in [2.45, 2.75) is 6.42 Å². The van der Waals surface area contributed by atoms with Crippen molar-refractivity contribution >= 4 is 31.3 Å². The summed E-state index contributed by atoms with van der Waals surface area (Å²) in [4.78, 5) is 13.1. The van der Waals surface area contributed by atoms with E-state index < -0.39 is 20.8 Å². The number of nitriles is 1. The molecule has 106 valence electrons. The Kier molecular flexibility index (Phi) is 3.97. The van der Waals surface area contributed by atoms with E-state index in [1.54, 1.807) is 6.07 Å². The number of carbonyl (C=O) groups excluding carboxylic acids is 1. The standard InChI is InChI=1S/C12H10ClFN2O3S/c13-20(18,19)7-8-4-12(17)16(6-8)11-3-1-2-10(14)9(11)5-15/h1-3,8H,4,6-7H2. The highest BCUT2D eigenvalue weighted by molar-refractivity contribution is 8.13. The topological polar surface area (TPSA) is 78.2 Å². The van der Waals surface area contributed by atoms with Crippen molar-refractivity contribution < 1.29 is 17.6 Å². The first kappa shape index (κ1) is 14.8. The molecule has 0 N–H and O–H groups in total. The van der Waals surface area contributed by atoms with Gasteiger partial charge in [-0.05, 0) is 12.1 Å². The van der Waals surface area contributed by atoms with Gasteiger partial charge in [-0.15, -0.1) is 0 Å². The van der Waals surface area contributed by atoms with Gasteiger partial charge in [-0.2, -0.15) is 5.26 Å². The molecule has 2 rings (SSSR count). The van der Waals surface area contributed by atoms with Crippen LogP contribution in [0.3, 0.4) is 0 Å². The van der Waals surface area contributed by atoms with Crippen LogP contribution in [0.15, 0.2) is 18.2 Å². The predicted molar refractivity (Wildman–Crippen MR) is 71.2 cm³/mol. The Hall–Kier alpha value is -1.65. The van der Waals surface area contributed by atoms with Gasteiger partial charge in [0.25, 0.3) is 0 Å². The summed E-state index contributed by atoms with van der Waals surface area (Å²) in [5.74, 6) is -1.85. The third-order valence-corrected chi connectivity index (χ3v) is 4.28. The number of hydrogen-bond donors (Lipinski definition) is 0. The minimum atomic E-state index is -3.71. The van der Waals surface area contributed by atoms with Crippen LogP contribution in [-0.2, 0) is 13.8 Å². The van der Waals surface area contributed by atoms with E-state index in [2.05, 4.69) is 0 Å². The third kappa shape index (κ3) is 3.08. The molecule has 1 aromatic rings. The van der Waals surface area contributed by atoms with E-state index in [0.717, 1.165) is 6.07 Å². The van der Waals surface area contributed by atoms with Crippen molar-refractivity contribution in [2.75, 3.05) is 17.2 Å². The minimum absolute atomic E-state index is 0.00727. The van der Waals surface area contributed by atoms with E-state index in [4.69, 9.17) is 15.9 Å². The van der Waals surface area contributed by atoms with Gasteiger partial charge >= 0.3 is 0 Å². The first-order valence-electron chi connectivity index (χ1n) is 5.73. The summed E-state index contributed by atoms with van der Waals surface area (Å²) >= 11 is 0. The highest BCUT2D eigenvalue weighted by atomic mass is 35.7. The van der Waals surface area contributed by atoms with Crippen molar-refractivity contribution in [3.8, 4) is 6.07 Å². The summed E-state index contributed by atoms with van der Waals surface area (Å²) in [7, 11) is 1.46. The van der Waals surface area contributed by atoms with Gasteiger partial charge in [0.05, 0.1) is 11.4 Å². The normalized spacial score (nSPS) is 19.1. The fourth-order valence-corrected chi connectivity index (χ4v) is 3.58. The lowest BCUT2D eigenvalue weighted by Crippen LogP contribution is -2.26. The summed E-state index contributed by atoms with van der Waals surface area (Å²) < 4.78 is 35.6. The Labute approximate surface area is 120 Å².